The minimum atomic E-state index is -0.242. The van der Waals surface area contributed by atoms with Crippen LogP contribution in [0.25, 0.3) is 33.7 Å². The van der Waals surface area contributed by atoms with Crippen LogP contribution in [-0.4, -0.2) is 53.2 Å². The number of para-hydroxylation sites is 2. The number of nitrogens with zero attached hydrogens (tertiary/aromatic N) is 8. The summed E-state index contributed by atoms with van der Waals surface area (Å²) in [6, 6.07) is 18.5. The molecule has 0 saturated carbocycles. The van der Waals surface area contributed by atoms with E-state index in [9.17, 15) is 9.59 Å². The normalized spacial score (nSPS) is 11.3. The summed E-state index contributed by atoms with van der Waals surface area (Å²) in [5.41, 5.74) is 4.54. The van der Waals surface area contributed by atoms with Gasteiger partial charge in [-0.15, -0.1) is 9.46 Å². The minimum absolute atomic E-state index is 0.239. The molecule has 0 N–H and O–H groups in total. The van der Waals surface area contributed by atoms with E-state index in [1.807, 2.05) is 62.4 Å². The molecule has 0 fully saturated rings. The summed E-state index contributed by atoms with van der Waals surface area (Å²) in [5.74, 6) is 1.71. The maximum absolute atomic E-state index is 12.7. The monoisotopic (exact) mass is 624 g/mol. The van der Waals surface area contributed by atoms with E-state index >= 15 is 0 Å². The van der Waals surface area contributed by atoms with Crippen molar-refractivity contribution in [3.63, 3.8) is 0 Å². The molecule has 0 aliphatic heterocycles. The minimum Gasteiger partial charge on any atom is -0.411 e. The summed E-state index contributed by atoms with van der Waals surface area (Å²) in [6.07, 6.45) is 1.71. The number of aryl methyl sites for hydroxylation is 2. The van der Waals surface area contributed by atoms with Crippen LogP contribution in [0.2, 0.25) is 0 Å². The second-order valence-electron chi connectivity index (χ2n) is 12.0. The fraction of sp³-hybridized carbons (Fsp3) is 0.353. The highest BCUT2D eigenvalue weighted by Crippen LogP contribution is 2.17. The lowest BCUT2D eigenvalue weighted by atomic mass is 10.1. The van der Waals surface area contributed by atoms with E-state index in [1.54, 1.807) is 21.5 Å². The third-order valence-electron chi connectivity index (χ3n) is 7.26. The number of hydrogen-bond acceptors (Lipinski definition) is 8. The van der Waals surface area contributed by atoms with Crippen LogP contribution in [0.1, 0.15) is 50.5 Å². The summed E-state index contributed by atoms with van der Waals surface area (Å²) in [6.45, 7) is 12.4. The fourth-order valence-corrected chi connectivity index (χ4v) is 5.36. The first kappa shape index (κ1) is 32.1. The summed E-state index contributed by atoms with van der Waals surface area (Å²) < 4.78 is 5.74. The predicted octanol–water partition coefficient (Wildman–Crippen LogP) is 4.30. The molecule has 0 amide bonds. The van der Waals surface area contributed by atoms with Gasteiger partial charge in [0.15, 0.2) is 0 Å². The molecule has 4 heterocycles. The molecule has 12 heteroatoms. The van der Waals surface area contributed by atoms with Crippen LogP contribution >= 0.6 is 0 Å². The third-order valence-corrected chi connectivity index (χ3v) is 7.26. The molecule has 0 bridgehead atoms. The third kappa shape index (κ3) is 6.42. The van der Waals surface area contributed by atoms with Crippen LogP contribution in [0, 0.1) is 25.7 Å². The quantitative estimate of drug-likeness (QED) is 0.246. The summed E-state index contributed by atoms with van der Waals surface area (Å²) >= 11 is 0. The fourth-order valence-electron chi connectivity index (χ4n) is 5.36. The molecule has 0 spiro atoms. The van der Waals surface area contributed by atoms with Gasteiger partial charge >= 0.3 is 0 Å². The average Bonchev–Trinajstić information content (AvgIpc) is 3.57. The maximum Gasteiger partial charge on any atom is 0.295 e. The first-order valence-electron chi connectivity index (χ1n) is 15.3. The Morgan fingerprint density at radius 3 is 1.67 bits per heavy atom. The van der Waals surface area contributed by atoms with Crippen molar-refractivity contribution >= 4 is 21.8 Å². The summed E-state index contributed by atoms with van der Waals surface area (Å²) in [5, 5.41) is 10.1. The van der Waals surface area contributed by atoms with Gasteiger partial charge in [0.25, 0.3) is 23.0 Å². The lowest BCUT2D eigenvalue weighted by molar-refractivity contribution is 0.152. The van der Waals surface area contributed by atoms with Crippen molar-refractivity contribution in [3.8, 4) is 11.9 Å². The molecule has 4 aromatic heterocycles. The average molecular weight is 625 g/mol. The first-order chi connectivity index (χ1) is 22.0. The highest BCUT2D eigenvalue weighted by Gasteiger charge is 2.19. The Hall–Kier alpha value is -5.26. The Bertz CT molecular complexity index is 2120. The van der Waals surface area contributed by atoms with Crippen LogP contribution in [0.5, 0.6) is 0 Å². The predicted molar refractivity (Wildman–Crippen MR) is 178 cm³/mol. The standard InChI is InChI=1S/2C17H20N4O2/c1-11(2)9-13-10-12(3)20(19-13)17-18-15-8-6-5-7-14(15)16(22)21(17)23-4;1-11(2)9-13-10-12(3)19-20(13)17-18-15-8-6-5-7-14(15)16(22)21(17)23-4/h2*5-8,10-11H,9H2,1-4H3. The molecule has 0 aliphatic carbocycles. The van der Waals surface area contributed by atoms with Crippen molar-refractivity contribution < 1.29 is 9.68 Å². The Morgan fingerprint density at radius 1 is 0.674 bits per heavy atom. The van der Waals surface area contributed by atoms with Crippen molar-refractivity contribution in [3.05, 3.63) is 104 Å². The van der Waals surface area contributed by atoms with Gasteiger partial charge < -0.3 is 9.68 Å². The Labute approximate surface area is 266 Å². The van der Waals surface area contributed by atoms with Crippen molar-refractivity contribution in [1.29, 1.82) is 0 Å². The van der Waals surface area contributed by atoms with E-state index in [4.69, 9.17) is 9.68 Å². The Morgan fingerprint density at radius 2 is 1.17 bits per heavy atom. The highest BCUT2D eigenvalue weighted by atomic mass is 16.7. The molecular weight excluding hydrogens is 584 g/mol. The lowest BCUT2D eigenvalue weighted by Crippen LogP contribution is -2.31. The van der Waals surface area contributed by atoms with Crippen molar-refractivity contribution in [2.24, 2.45) is 11.8 Å². The van der Waals surface area contributed by atoms with Crippen molar-refractivity contribution in [1.82, 2.24) is 39.0 Å². The smallest absolute Gasteiger partial charge is 0.295 e. The second kappa shape index (κ2) is 13.4. The van der Waals surface area contributed by atoms with Gasteiger partial charge in [0.1, 0.15) is 14.2 Å². The lowest BCUT2D eigenvalue weighted by Gasteiger charge is -2.14. The van der Waals surface area contributed by atoms with Crippen LogP contribution in [0.3, 0.4) is 0 Å². The van der Waals surface area contributed by atoms with Gasteiger partial charge in [-0.25, -0.2) is 19.3 Å². The molecule has 0 atom stereocenters. The molecule has 46 heavy (non-hydrogen) atoms. The van der Waals surface area contributed by atoms with Gasteiger partial charge in [0.05, 0.1) is 33.2 Å². The van der Waals surface area contributed by atoms with Crippen LogP contribution in [0.4, 0.5) is 0 Å². The molecule has 2 aromatic carbocycles. The second-order valence-corrected chi connectivity index (χ2v) is 12.0. The van der Waals surface area contributed by atoms with E-state index in [0.29, 0.717) is 45.5 Å². The van der Waals surface area contributed by atoms with E-state index in [1.165, 1.54) is 23.7 Å². The zero-order chi connectivity index (χ0) is 33.1. The number of hydrogen-bond donors (Lipinski definition) is 0. The van der Waals surface area contributed by atoms with Gasteiger partial charge in [-0.2, -0.15) is 10.2 Å². The van der Waals surface area contributed by atoms with Gasteiger partial charge in [0.2, 0.25) is 0 Å². The molecule has 0 radical (unpaired) electrons. The summed E-state index contributed by atoms with van der Waals surface area (Å²) in [7, 11) is 2.91. The van der Waals surface area contributed by atoms with Crippen LogP contribution < -0.4 is 20.8 Å². The first-order valence-corrected chi connectivity index (χ1v) is 15.3. The van der Waals surface area contributed by atoms with Gasteiger partial charge in [0, 0.05) is 11.4 Å². The Balaban J connectivity index is 0.000000181. The van der Waals surface area contributed by atoms with Crippen molar-refractivity contribution in [2.45, 2.75) is 54.4 Å². The molecule has 240 valence electrons. The van der Waals surface area contributed by atoms with E-state index in [2.05, 4.69) is 47.9 Å². The maximum atomic E-state index is 12.7. The van der Waals surface area contributed by atoms with E-state index in [0.717, 1.165) is 35.6 Å². The Kier molecular flexibility index (Phi) is 9.36. The number of aromatic nitrogens is 8. The van der Waals surface area contributed by atoms with E-state index in [-0.39, 0.29) is 11.1 Å². The van der Waals surface area contributed by atoms with Crippen molar-refractivity contribution in [2.75, 3.05) is 14.2 Å². The molecular formula is C34H40N8O4. The van der Waals surface area contributed by atoms with Gasteiger partial charge in [-0.1, -0.05) is 52.0 Å². The topological polar surface area (TPSA) is 124 Å². The summed E-state index contributed by atoms with van der Waals surface area (Å²) in [4.78, 5) is 45.0. The zero-order valence-electron chi connectivity index (χ0n) is 27.6. The molecule has 6 rings (SSSR count). The van der Waals surface area contributed by atoms with Gasteiger partial charge in [-0.05, 0) is 74.9 Å². The molecule has 6 aromatic rings. The van der Waals surface area contributed by atoms with Crippen LogP contribution in [0.15, 0.2) is 70.3 Å². The highest BCUT2D eigenvalue weighted by molar-refractivity contribution is 5.78. The molecule has 0 aliphatic rings. The number of fused-ring (bicyclic) bond motifs is 2. The van der Waals surface area contributed by atoms with E-state index < -0.39 is 0 Å². The molecule has 0 unspecified atom stereocenters. The molecule has 0 saturated heterocycles. The van der Waals surface area contributed by atoms with Gasteiger partial charge in [-0.3, -0.25) is 9.59 Å². The molecule has 12 nitrogen and oxygen atoms in total. The number of rotatable bonds is 8. The SMILES string of the molecule is COn1c(-n2nc(C)cc2CC(C)C)nc2ccccc2c1=O.COn1c(-n2nc(CC(C)C)cc2C)nc2ccccc2c1=O. The largest absolute Gasteiger partial charge is 0.411 e. The number of benzene rings is 2. The van der Waals surface area contributed by atoms with Crippen LogP contribution in [-0.2, 0) is 12.8 Å². The zero-order valence-corrected chi connectivity index (χ0v) is 27.6.